The van der Waals surface area contributed by atoms with Crippen molar-refractivity contribution >= 4 is 0 Å². The number of hydrogen-bond donors (Lipinski definition) is 1. The summed E-state index contributed by atoms with van der Waals surface area (Å²) in [6.07, 6.45) is -0.0602. The summed E-state index contributed by atoms with van der Waals surface area (Å²) in [5.41, 5.74) is 1.19. The fourth-order valence-electron chi connectivity index (χ4n) is 1.98. The lowest BCUT2D eigenvalue weighted by Crippen LogP contribution is -2.29. The lowest BCUT2D eigenvalue weighted by atomic mass is 9.98. The standard InChI is InChI=1S/C18H22O2.C3H8O2/c1-17(2,15-11-7-5-8-12-15)19-20-18(3,4)16-13-9-6-10-14-16;1-3(2)5-4/h5-14H,1-4H3;3-4H,1-2H3. The Bertz CT molecular complexity index is 540. The van der Waals surface area contributed by atoms with E-state index in [-0.39, 0.29) is 6.10 Å². The zero-order chi connectivity index (χ0) is 18.9. The van der Waals surface area contributed by atoms with E-state index in [9.17, 15) is 0 Å². The van der Waals surface area contributed by atoms with Crippen LogP contribution in [0.3, 0.4) is 0 Å². The topological polar surface area (TPSA) is 47.9 Å². The fourth-order valence-corrected chi connectivity index (χ4v) is 1.98. The van der Waals surface area contributed by atoms with Crippen molar-refractivity contribution in [2.75, 3.05) is 0 Å². The third kappa shape index (κ3) is 7.36. The van der Waals surface area contributed by atoms with Crippen LogP contribution in [-0.2, 0) is 25.9 Å². The Labute approximate surface area is 151 Å². The summed E-state index contributed by atoms with van der Waals surface area (Å²) in [5, 5.41) is 7.64. The van der Waals surface area contributed by atoms with Gasteiger partial charge in [0.25, 0.3) is 0 Å². The van der Waals surface area contributed by atoms with E-state index in [4.69, 9.17) is 15.0 Å². The normalized spacial score (nSPS) is 11.8. The van der Waals surface area contributed by atoms with Crippen LogP contribution >= 0.6 is 0 Å². The minimum Gasteiger partial charge on any atom is -0.252 e. The van der Waals surface area contributed by atoms with Gasteiger partial charge < -0.3 is 0 Å². The first-order chi connectivity index (χ1) is 11.7. The predicted molar refractivity (Wildman–Crippen MR) is 100.0 cm³/mol. The first kappa shape index (κ1) is 21.3. The molecule has 2 aromatic rings. The molecule has 0 aromatic heterocycles. The third-order valence-electron chi connectivity index (χ3n) is 3.61. The van der Waals surface area contributed by atoms with Gasteiger partial charge in [-0.15, -0.1) is 0 Å². The minimum absolute atomic E-state index is 0.0602. The van der Waals surface area contributed by atoms with Crippen LogP contribution in [0, 0.1) is 0 Å². The highest BCUT2D eigenvalue weighted by Gasteiger charge is 2.29. The molecule has 0 aliphatic rings. The molecule has 0 aliphatic carbocycles. The number of hydrogen-bond acceptors (Lipinski definition) is 4. The van der Waals surface area contributed by atoms with E-state index in [2.05, 4.69) is 4.89 Å². The van der Waals surface area contributed by atoms with Gasteiger partial charge in [-0.1, -0.05) is 60.7 Å². The molecule has 0 saturated heterocycles. The van der Waals surface area contributed by atoms with Crippen molar-refractivity contribution in [3.63, 3.8) is 0 Å². The summed E-state index contributed by atoms with van der Waals surface area (Å²) in [6.45, 7) is 11.5. The monoisotopic (exact) mass is 346 g/mol. The molecule has 138 valence electrons. The molecule has 0 radical (unpaired) electrons. The molecule has 0 heterocycles. The molecule has 0 saturated carbocycles. The van der Waals surface area contributed by atoms with Gasteiger partial charge in [0, 0.05) is 0 Å². The van der Waals surface area contributed by atoms with Crippen molar-refractivity contribution in [2.24, 2.45) is 0 Å². The molecule has 25 heavy (non-hydrogen) atoms. The van der Waals surface area contributed by atoms with E-state index in [0.717, 1.165) is 11.1 Å². The van der Waals surface area contributed by atoms with Crippen LogP contribution in [0.2, 0.25) is 0 Å². The van der Waals surface area contributed by atoms with Crippen LogP contribution in [0.4, 0.5) is 0 Å². The summed E-state index contributed by atoms with van der Waals surface area (Å²) in [7, 11) is 0. The maximum atomic E-state index is 7.64. The minimum atomic E-state index is -0.493. The predicted octanol–water partition coefficient (Wildman–Crippen LogP) is 5.69. The Balaban J connectivity index is 0.000000550. The van der Waals surface area contributed by atoms with E-state index in [0.29, 0.717) is 0 Å². The van der Waals surface area contributed by atoms with Gasteiger partial charge in [-0.3, -0.25) is 5.26 Å². The van der Waals surface area contributed by atoms with Gasteiger partial charge in [0.15, 0.2) is 0 Å². The molecular formula is C21H30O4. The van der Waals surface area contributed by atoms with Crippen LogP contribution in [-0.4, -0.2) is 11.4 Å². The first-order valence-electron chi connectivity index (χ1n) is 8.47. The molecule has 4 nitrogen and oxygen atoms in total. The molecule has 0 spiro atoms. The summed E-state index contributed by atoms with van der Waals surface area (Å²) >= 11 is 0. The van der Waals surface area contributed by atoms with Gasteiger partial charge >= 0.3 is 0 Å². The second-order valence-electron chi connectivity index (χ2n) is 7.07. The Hall–Kier alpha value is -1.72. The van der Waals surface area contributed by atoms with Gasteiger partial charge in [-0.25, -0.2) is 14.7 Å². The van der Waals surface area contributed by atoms with Gasteiger partial charge in [-0.2, -0.15) is 0 Å². The van der Waals surface area contributed by atoms with E-state index in [1.165, 1.54) is 0 Å². The Morgan fingerprint density at radius 1 is 0.680 bits per heavy atom. The van der Waals surface area contributed by atoms with E-state index >= 15 is 0 Å². The van der Waals surface area contributed by atoms with Crippen molar-refractivity contribution in [2.45, 2.75) is 58.8 Å². The summed E-state index contributed by atoms with van der Waals surface area (Å²) in [6, 6.07) is 20.2. The number of benzene rings is 2. The molecule has 2 aromatic carbocycles. The summed E-state index contributed by atoms with van der Waals surface area (Å²) in [4.78, 5) is 15.2. The second-order valence-corrected chi connectivity index (χ2v) is 7.07. The lowest BCUT2D eigenvalue weighted by molar-refractivity contribution is -0.410. The zero-order valence-electron chi connectivity index (χ0n) is 16.0. The Morgan fingerprint density at radius 2 is 0.960 bits per heavy atom. The molecule has 2 rings (SSSR count). The average Bonchev–Trinajstić information content (AvgIpc) is 2.62. The molecule has 4 heteroatoms. The maximum Gasteiger partial charge on any atom is 0.123 e. The zero-order valence-corrected chi connectivity index (χ0v) is 16.0. The van der Waals surface area contributed by atoms with Gasteiger partial charge in [0.2, 0.25) is 0 Å². The highest BCUT2D eigenvalue weighted by atomic mass is 17.2. The van der Waals surface area contributed by atoms with Crippen molar-refractivity contribution in [1.29, 1.82) is 0 Å². The van der Waals surface area contributed by atoms with E-state index in [1.54, 1.807) is 13.8 Å². The number of rotatable bonds is 6. The molecule has 1 N–H and O–H groups in total. The third-order valence-corrected chi connectivity index (χ3v) is 3.61. The average molecular weight is 346 g/mol. The quantitative estimate of drug-likeness (QED) is 0.539. The second kappa shape index (κ2) is 9.68. The smallest absolute Gasteiger partial charge is 0.123 e. The first-order valence-corrected chi connectivity index (χ1v) is 8.47. The molecule has 0 unspecified atom stereocenters. The Kier molecular flexibility index (Phi) is 8.26. The van der Waals surface area contributed by atoms with E-state index in [1.807, 2.05) is 88.4 Å². The largest absolute Gasteiger partial charge is 0.252 e. The highest BCUT2D eigenvalue weighted by molar-refractivity contribution is 5.22. The van der Waals surface area contributed by atoms with Crippen LogP contribution in [0.5, 0.6) is 0 Å². The maximum absolute atomic E-state index is 7.64. The molecule has 0 amide bonds. The molecular weight excluding hydrogens is 316 g/mol. The van der Waals surface area contributed by atoms with Gasteiger partial charge in [-0.05, 0) is 52.7 Å². The van der Waals surface area contributed by atoms with E-state index < -0.39 is 11.2 Å². The van der Waals surface area contributed by atoms with Crippen LogP contribution in [0.1, 0.15) is 52.7 Å². The van der Waals surface area contributed by atoms with Crippen molar-refractivity contribution in [3.05, 3.63) is 71.8 Å². The van der Waals surface area contributed by atoms with Gasteiger partial charge in [0.05, 0.1) is 6.10 Å². The summed E-state index contributed by atoms with van der Waals surface area (Å²) < 4.78 is 0. The van der Waals surface area contributed by atoms with Crippen molar-refractivity contribution in [3.8, 4) is 0 Å². The van der Waals surface area contributed by atoms with Crippen molar-refractivity contribution < 1.29 is 19.9 Å². The summed E-state index contributed by atoms with van der Waals surface area (Å²) in [5.74, 6) is 0. The molecule has 0 bridgehead atoms. The fraction of sp³-hybridized carbons (Fsp3) is 0.429. The van der Waals surface area contributed by atoms with Crippen LogP contribution in [0.15, 0.2) is 60.7 Å². The molecule has 0 atom stereocenters. The molecule has 0 fully saturated rings. The lowest BCUT2D eigenvalue weighted by Gasteiger charge is -2.31. The SMILES string of the molecule is CC(C)(OOC(C)(C)c1ccccc1)c1ccccc1.CC(C)OO. The van der Waals surface area contributed by atoms with Crippen LogP contribution in [0.25, 0.3) is 0 Å². The van der Waals surface area contributed by atoms with Gasteiger partial charge in [0.1, 0.15) is 11.2 Å². The Morgan fingerprint density at radius 3 is 1.20 bits per heavy atom. The van der Waals surface area contributed by atoms with Crippen molar-refractivity contribution in [1.82, 2.24) is 0 Å². The highest BCUT2D eigenvalue weighted by Crippen LogP contribution is 2.31. The van der Waals surface area contributed by atoms with Crippen LogP contribution < -0.4 is 0 Å². The molecule has 0 aliphatic heterocycles.